The minimum absolute atomic E-state index is 0.290. The van der Waals surface area contributed by atoms with E-state index in [1.54, 1.807) is 13.2 Å². The van der Waals surface area contributed by atoms with Crippen molar-refractivity contribution in [1.82, 2.24) is 5.32 Å². The fourth-order valence-electron chi connectivity index (χ4n) is 2.32. The second kappa shape index (κ2) is 4.74. The van der Waals surface area contributed by atoms with Crippen molar-refractivity contribution in [1.29, 1.82) is 0 Å². The topological polar surface area (TPSA) is 41.5 Å². The molecule has 1 aromatic carbocycles. The summed E-state index contributed by atoms with van der Waals surface area (Å²) in [4.78, 5) is 0. The average Bonchev–Trinajstić information content (AvgIpc) is 2.32. The van der Waals surface area contributed by atoms with Gasteiger partial charge in [-0.2, -0.15) is 0 Å². The predicted molar refractivity (Wildman–Crippen MR) is 64.0 cm³/mol. The van der Waals surface area contributed by atoms with Crippen LogP contribution in [-0.2, 0) is 0 Å². The zero-order chi connectivity index (χ0) is 11.5. The highest BCUT2D eigenvalue weighted by Gasteiger charge is 2.19. The summed E-state index contributed by atoms with van der Waals surface area (Å²) in [5, 5.41) is 13.4. The van der Waals surface area contributed by atoms with Crippen molar-refractivity contribution in [2.75, 3.05) is 13.7 Å². The number of aromatic hydroxyl groups is 1. The van der Waals surface area contributed by atoms with Crippen LogP contribution in [0.3, 0.4) is 0 Å². The number of phenols is 1. The van der Waals surface area contributed by atoms with Gasteiger partial charge in [-0.3, -0.25) is 0 Å². The van der Waals surface area contributed by atoms with Crippen molar-refractivity contribution < 1.29 is 9.84 Å². The maximum absolute atomic E-state index is 9.98. The standard InChI is InChI=1S/C13H19NO2/c1-9-7-10(11-5-3-4-6-14-11)12(15)8-13(9)16-2/h7-8,11,14-15H,3-6H2,1-2H3. The summed E-state index contributed by atoms with van der Waals surface area (Å²) in [7, 11) is 1.63. The lowest BCUT2D eigenvalue weighted by molar-refractivity contribution is 0.381. The number of phenolic OH excluding ortho intramolecular Hbond substituents is 1. The van der Waals surface area contributed by atoms with Crippen LogP contribution in [0, 0.1) is 6.92 Å². The summed E-state index contributed by atoms with van der Waals surface area (Å²) in [6.45, 7) is 3.04. The Balaban J connectivity index is 2.29. The minimum atomic E-state index is 0.290. The number of methoxy groups -OCH3 is 1. The molecule has 0 spiro atoms. The number of piperidine rings is 1. The highest BCUT2D eigenvalue weighted by Crippen LogP contribution is 2.34. The third-order valence-corrected chi connectivity index (χ3v) is 3.23. The molecule has 0 amide bonds. The Bertz CT molecular complexity index is 370. The van der Waals surface area contributed by atoms with E-state index < -0.39 is 0 Å². The molecule has 1 aliphatic heterocycles. The van der Waals surface area contributed by atoms with E-state index in [4.69, 9.17) is 4.74 Å². The highest BCUT2D eigenvalue weighted by molar-refractivity contribution is 5.46. The molecule has 0 aliphatic carbocycles. The van der Waals surface area contributed by atoms with Crippen LogP contribution < -0.4 is 10.1 Å². The van der Waals surface area contributed by atoms with Gasteiger partial charge in [0.15, 0.2) is 0 Å². The molecule has 88 valence electrons. The van der Waals surface area contributed by atoms with Gasteiger partial charge in [0.25, 0.3) is 0 Å². The van der Waals surface area contributed by atoms with E-state index in [1.807, 2.05) is 13.0 Å². The normalized spacial score (nSPS) is 20.8. The molecule has 16 heavy (non-hydrogen) atoms. The molecular weight excluding hydrogens is 202 g/mol. The Morgan fingerprint density at radius 2 is 2.19 bits per heavy atom. The molecule has 0 radical (unpaired) electrons. The summed E-state index contributed by atoms with van der Waals surface area (Å²) in [5.74, 6) is 1.08. The Labute approximate surface area is 96.4 Å². The number of rotatable bonds is 2. The Hall–Kier alpha value is -1.22. The monoisotopic (exact) mass is 221 g/mol. The van der Waals surface area contributed by atoms with Gasteiger partial charge < -0.3 is 15.2 Å². The summed E-state index contributed by atoms with van der Waals surface area (Å²) in [6, 6.07) is 4.02. The first-order valence-electron chi connectivity index (χ1n) is 5.83. The van der Waals surface area contributed by atoms with E-state index in [0.717, 1.165) is 29.8 Å². The zero-order valence-electron chi connectivity index (χ0n) is 9.92. The van der Waals surface area contributed by atoms with Crippen LogP contribution in [0.5, 0.6) is 11.5 Å². The number of nitrogens with one attached hydrogen (secondary N) is 1. The molecule has 1 aliphatic rings. The molecule has 1 unspecified atom stereocenters. The second-order valence-electron chi connectivity index (χ2n) is 4.38. The molecule has 1 heterocycles. The molecule has 3 nitrogen and oxygen atoms in total. The SMILES string of the molecule is COc1cc(O)c(C2CCCCN2)cc1C. The summed E-state index contributed by atoms with van der Waals surface area (Å²) in [5.41, 5.74) is 2.07. The van der Waals surface area contributed by atoms with Gasteiger partial charge in [0.05, 0.1) is 7.11 Å². The van der Waals surface area contributed by atoms with Gasteiger partial charge >= 0.3 is 0 Å². The Morgan fingerprint density at radius 1 is 1.38 bits per heavy atom. The van der Waals surface area contributed by atoms with Gasteiger partial charge in [-0.1, -0.05) is 6.42 Å². The van der Waals surface area contributed by atoms with Crippen molar-refractivity contribution in [3.8, 4) is 11.5 Å². The first-order chi connectivity index (χ1) is 7.72. The molecule has 1 atom stereocenters. The first-order valence-corrected chi connectivity index (χ1v) is 5.83. The smallest absolute Gasteiger partial charge is 0.125 e. The lowest BCUT2D eigenvalue weighted by Gasteiger charge is -2.25. The van der Waals surface area contributed by atoms with E-state index >= 15 is 0 Å². The molecule has 3 heteroatoms. The van der Waals surface area contributed by atoms with Gasteiger partial charge in [0.1, 0.15) is 11.5 Å². The molecule has 2 rings (SSSR count). The molecule has 1 fully saturated rings. The third-order valence-electron chi connectivity index (χ3n) is 3.23. The third kappa shape index (κ3) is 2.14. The number of hydrogen-bond donors (Lipinski definition) is 2. The lowest BCUT2D eigenvalue weighted by Crippen LogP contribution is -2.26. The van der Waals surface area contributed by atoms with E-state index in [9.17, 15) is 5.11 Å². The predicted octanol–water partition coefficient (Wildman–Crippen LogP) is 2.52. The van der Waals surface area contributed by atoms with Crippen LogP contribution in [0.15, 0.2) is 12.1 Å². The van der Waals surface area contributed by atoms with Crippen molar-refractivity contribution >= 4 is 0 Å². The molecule has 0 bridgehead atoms. The van der Waals surface area contributed by atoms with Crippen LogP contribution in [-0.4, -0.2) is 18.8 Å². The largest absolute Gasteiger partial charge is 0.507 e. The van der Waals surface area contributed by atoms with E-state index in [0.29, 0.717) is 11.8 Å². The summed E-state index contributed by atoms with van der Waals surface area (Å²) < 4.78 is 5.19. The molecular formula is C13H19NO2. The maximum atomic E-state index is 9.98. The number of benzene rings is 1. The summed E-state index contributed by atoms with van der Waals surface area (Å²) >= 11 is 0. The maximum Gasteiger partial charge on any atom is 0.125 e. The molecule has 0 saturated carbocycles. The average molecular weight is 221 g/mol. The summed E-state index contributed by atoms with van der Waals surface area (Å²) in [6.07, 6.45) is 3.55. The van der Waals surface area contributed by atoms with Gasteiger partial charge in [-0.25, -0.2) is 0 Å². The fourth-order valence-corrected chi connectivity index (χ4v) is 2.32. The molecule has 0 aromatic heterocycles. The highest BCUT2D eigenvalue weighted by atomic mass is 16.5. The fraction of sp³-hybridized carbons (Fsp3) is 0.538. The van der Waals surface area contributed by atoms with Crippen LogP contribution in [0.4, 0.5) is 0 Å². The van der Waals surface area contributed by atoms with Crippen molar-refractivity contribution in [2.24, 2.45) is 0 Å². The number of ether oxygens (including phenoxy) is 1. The van der Waals surface area contributed by atoms with Gasteiger partial charge in [-0.15, -0.1) is 0 Å². The first kappa shape index (κ1) is 11.3. The van der Waals surface area contributed by atoms with Crippen LogP contribution in [0.1, 0.15) is 36.4 Å². The van der Waals surface area contributed by atoms with Gasteiger partial charge in [0.2, 0.25) is 0 Å². The van der Waals surface area contributed by atoms with Crippen molar-refractivity contribution in [3.63, 3.8) is 0 Å². The quantitative estimate of drug-likeness (QED) is 0.806. The van der Waals surface area contributed by atoms with Gasteiger partial charge in [-0.05, 0) is 37.9 Å². The van der Waals surface area contributed by atoms with Crippen LogP contribution >= 0.6 is 0 Å². The van der Waals surface area contributed by atoms with Gasteiger partial charge in [0, 0.05) is 17.7 Å². The number of hydrogen-bond acceptors (Lipinski definition) is 3. The molecule has 2 N–H and O–H groups in total. The Morgan fingerprint density at radius 3 is 2.81 bits per heavy atom. The molecule has 1 saturated heterocycles. The zero-order valence-corrected chi connectivity index (χ0v) is 9.92. The minimum Gasteiger partial charge on any atom is -0.507 e. The Kier molecular flexibility index (Phi) is 3.34. The molecule has 1 aromatic rings. The van der Waals surface area contributed by atoms with Crippen LogP contribution in [0.25, 0.3) is 0 Å². The van der Waals surface area contributed by atoms with Crippen molar-refractivity contribution in [2.45, 2.75) is 32.2 Å². The van der Waals surface area contributed by atoms with E-state index in [1.165, 1.54) is 12.8 Å². The van der Waals surface area contributed by atoms with E-state index in [2.05, 4.69) is 5.32 Å². The second-order valence-corrected chi connectivity index (χ2v) is 4.38. The van der Waals surface area contributed by atoms with E-state index in [-0.39, 0.29) is 0 Å². The lowest BCUT2D eigenvalue weighted by atomic mass is 9.95. The van der Waals surface area contributed by atoms with Crippen molar-refractivity contribution in [3.05, 3.63) is 23.3 Å². The van der Waals surface area contributed by atoms with Crippen LogP contribution in [0.2, 0.25) is 0 Å². The number of aryl methyl sites for hydroxylation is 1.